The minimum atomic E-state index is -0.0433. The molecule has 1 amide bonds. The number of guanidine groups is 1. The maximum Gasteiger partial charge on any atom is 0.239 e. The van der Waals surface area contributed by atoms with Crippen molar-refractivity contribution in [3.05, 3.63) is 35.9 Å². The van der Waals surface area contributed by atoms with Crippen molar-refractivity contribution >= 4 is 23.6 Å². The van der Waals surface area contributed by atoms with Crippen LogP contribution in [0, 0.1) is 0 Å². The van der Waals surface area contributed by atoms with Crippen molar-refractivity contribution in [2.45, 2.75) is 31.1 Å². The van der Waals surface area contributed by atoms with Crippen LogP contribution in [0.15, 0.2) is 35.3 Å². The number of aliphatic imine (C=N–C) groups is 1. The molecule has 1 heterocycles. The summed E-state index contributed by atoms with van der Waals surface area (Å²) < 4.78 is 0.271. The van der Waals surface area contributed by atoms with E-state index in [-0.39, 0.29) is 17.2 Å². The second kappa shape index (κ2) is 8.82. The van der Waals surface area contributed by atoms with Crippen LogP contribution in [0.3, 0.4) is 0 Å². The molecule has 1 saturated heterocycles. The zero-order valence-electron chi connectivity index (χ0n) is 13.9. The molecule has 1 fully saturated rings. The summed E-state index contributed by atoms with van der Waals surface area (Å²) in [6.07, 6.45) is 2.50. The molecule has 0 spiro atoms. The molecule has 1 aromatic rings. The predicted octanol–water partition coefficient (Wildman–Crippen LogP) is 1.75. The number of amides is 1. The molecule has 3 N–H and O–H groups in total. The number of nitrogens with zero attached hydrogens (tertiary/aromatic N) is 1. The number of hydrogen-bond donors (Lipinski definition) is 3. The van der Waals surface area contributed by atoms with Crippen LogP contribution in [0.25, 0.3) is 0 Å². The summed E-state index contributed by atoms with van der Waals surface area (Å²) >= 11 is 2.00. The maximum atomic E-state index is 11.9. The molecule has 1 aliphatic rings. The van der Waals surface area contributed by atoms with Gasteiger partial charge in [0, 0.05) is 24.9 Å². The maximum absolute atomic E-state index is 11.9. The molecule has 0 saturated carbocycles. The van der Waals surface area contributed by atoms with E-state index in [1.807, 2.05) is 42.1 Å². The van der Waals surface area contributed by atoms with Gasteiger partial charge in [-0.25, -0.2) is 0 Å². The summed E-state index contributed by atoms with van der Waals surface area (Å²) in [5, 5.41) is 9.28. The molecule has 1 unspecified atom stereocenters. The minimum absolute atomic E-state index is 0.0433. The van der Waals surface area contributed by atoms with E-state index in [1.54, 1.807) is 7.05 Å². The lowest BCUT2D eigenvalue weighted by atomic mass is 10.1. The summed E-state index contributed by atoms with van der Waals surface area (Å²) in [7, 11) is 1.72. The van der Waals surface area contributed by atoms with Gasteiger partial charge in [-0.15, -0.1) is 0 Å². The van der Waals surface area contributed by atoms with E-state index >= 15 is 0 Å². The fourth-order valence-corrected chi connectivity index (χ4v) is 3.73. The normalized spacial score (nSPS) is 21.0. The number of rotatable bonds is 6. The molecule has 2 rings (SSSR count). The van der Waals surface area contributed by atoms with Crippen LogP contribution >= 0.6 is 11.8 Å². The monoisotopic (exact) mass is 334 g/mol. The Hall–Kier alpha value is -1.69. The van der Waals surface area contributed by atoms with Gasteiger partial charge in [-0.05, 0) is 31.1 Å². The van der Waals surface area contributed by atoms with E-state index in [2.05, 4.69) is 27.9 Å². The smallest absolute Gasteiger partial charge is 0.239 e. The Bertz CT molecular complexity index is 527. The Balaban J connectivity index is 1.67. The topological polar surface area (TPSA) is 65.5 Å². The van der Waals surface area contributed by atoms with Crippen LogP contribution in [0.1, 0.15) is 25.3 Å². The van der Waals surface area contributed by atoms with Gasteiger partial charge in [0.2, 0.25) is 5.91 Å². The lowest BCUT2D eigenvalue weighted by Crippen LogP contribution is -2.46. The third kappa shape index (κ3) is 6.14. The van der Waals surface area contributed by atoms with Crippen molar-refractivity contribution in [1.82, 2.24) is 16.0 Å². The Labute approximate surface area is 142 Å². The summed E-state index contributed by atoms with van der Waals surface area (Å²) in [6.45, 7) is 3.90. The van der Waals surface area contributed by atoms with Crippen LogP contribution in [-0.4, -0.2) is 42.5 Å². The Morgan fingerprint density at radius 1 is 1.26 bits per heavy atom. The molecule has 0 bridgehead atoms. The van der Waals surface area contributed by atoms with Gasteiger partial charge in [-0.1, -0.05) is 30.3 Å². The van der Waals surface area contributed by atoms with Crippen molar-refractivity contribution in [3.8, 4) is 0 Å². The van der Waals surface area contributed by atoms with Crippen LogP contribution in [0.2, 0.25) is 0 Å². The number of benzene rings is 1. The lowest BCUT2D eigenvalue weighted by Gasteiger charge is -2.24. The highest BCUT2D eigenvalue weighted by Gasteiger charge is 2.29. The average molecular weight is 334 g/mol. The molecule has 126 valence electrons. The predicted molar refractivity (Wildman–Crippen MR) is 97.8 cm³/mol. The summed E-state index contributed by atoms with van der Waals surface area (Å²) in [6, 6.07) is 9.88. The highest BCUT2D eigenvalue weighted by atomic mass is 32.2. The average Bonchev–Trinajstić information content (AvgIpc) is 3.01. The van der Waals surface area contributed by atoms with E-state index < -0.39 is 0 Å². The van der Waals surface area contributed by atoms with Gasteiger partial charge in [0.05, 0.1) is 6.54 Å². The number of nitrogens with one attached hydrogen (secondary N) is 3. The Morgan fingerprint density at radius 2 is 2.04 bits per heavy atom. The minimum Gasteiger partial charge on any atom is -0.355 e. The second-order valence-electron chi connectivity index (χ2n) is 5.94. The molecule has 0 aliphatic carbocycles. The third-order valence-corrected chi connectivity index (χ3v) is 5.44. The van der Waals surface area contributed by atoms with E-state index in [0.29, 0.717) is 12.5 Å². The van der Waals surface area contributed by atoms with Gasteiger partial charge in [-0.3, -0.25) is 9.79 Å². The fraction of sp³-hybridized carbons (Fsp3) is 0.529. The number of hydrogen-bond acceptors (Lipinski definition) is 3. The van der Waals surface area contributed by atoms with Gasteiger partial charge < -0.3 is 16.0 Å². The molecule has 0 aromatic heterocycles. The van der Waals surface area contributed by atoms with Crippen molar-refractivity contribution in [1.29, 1.82) is 0 Å². The molecule has 23 heavy (non-hydrogen) atoms. The molecule has 1 aliphatic heterocycles. The van der Waals surface area contributed by atoms with Crippen molar-refractivity contribution < 1.29 is 4.79 Å². The van der Waals surface area contributed by atoms with Gasteiger partial charge >= 0.3 is 0 Å². The molecular weight excluding hydrogens is 308 g/mol. The number of thioether (sulfide) groups is 1. The lowest BCUT2D eigenvalue weighted by molar-refractivity contribution is -0.120. The summed E-state index contributed by atoms with van der Waals surface area (Å²) in [5.41, 5.74) is 1.09. The van der Waals surface area contributed by atoms with Crippen LogP contribution in [0.5, 0.6) is 0 Å². The largest absolute Gasteiger partial charge is 0.355 e. The first-order valence-corrected chi connectivity index (χ1v) is 8.99. The van der Waals surface area contributed by atoms with E-state index in [0.717, 1.165) is 12.1 Å². The van der Waals surface area contributed by atoms with E-state index in [1.165, 1.54) is 18.6 Å². The number of carbonyl (C=O) groups excluding carboxylic acids is 1. The standard InChI is InChI=1S/C17H26N4OS/c1-17(9-6-10-23-17)13-21-16(18-2)20-12-15(22)19-11-14-7-4-3-5-8-14/h3-5,7-8H,6,9-13H2,1-2H3,(H,19,22)(H2,18,20,21). The SMILES string of the molecule is CN=C(NCC(=O)NCc1ccccc1)NCC1(C)CCCS1. The van der Waals surface area contributed by atoms with Crippen LogP contribution in [0.4, 0.5) is 0 Å². The summed E-state index contributed by atoms with van der Waals surface area (Å²) in [5.74, 6) is 1.86. The van der Waals surface area contributed by atoms with Gasteiger partial charge in [0.1, 0.15) is 0 Å². The zero-order chi connectivity index (χ0) is 16.5. The van der Waals surface area contributed by atoms with Gasteiger partial charge in [-0.2, -0.15) is 11.8 Å². The molecule has 1 atom stereocenters. The first-order chi connectivity index (χ1) is 11.1. The molecule has 1 aromatic carbocycles. The quantitative estimate of drug-likeness (QED) is 0.548. The summed E-state index contributed by atoms with van der Waals surface area (Å²) in [4.78, 5) is 16.1. The van der Waals surface area contributed by atoms with E-state index in [9.17, 15) is 4.79 Å². The first-order valence-electron chi connectivity index (χ1n) is 8.00. The fourth-order valence-electron chi connectivity index (χ4n) is 2.49. The number of carbonyl (C=O) groups is 1. The molecular formula is C17H26N4OS. The highest BCUT2D eigenvalue weighted by molar-refractivity contribution is 8.00. The third-order valence-electron chi connectivity index (χ3n) is 3.90. The van der Waals surface area contributed by atoms with Crippen LogP contribution in [-0.2, 0) is 11.3 Å². The molecule has 6 heteroatoms. The van der Waals surface area contributed by atoms with Crippen molar-refractivity contribution in [2.75, 3.05) is 25.9 Å². The molecule has 0 radical (unpaired) electrons. The van der Waals surface area contributed by atoms with Crippen molar-refractivity contribution in [2.24, 2.45) is 4.99 Å². The van der Waals surface area contributed by atoms with Gasteiger partial charge in [0.15, 0.2) is 5.96 Å². The zero-order valence-corrected chi connectivity index (χ0v) is 14.7. The Morgan fingerprint density at radius 3 is 2.70 bits per heavy atom. The first kappa shape index (κ1) is 17.7. The van der Waals surface area contributed by atoms with Crippen LogP contribution < -0.4 is 16.0 Å². The molecule has 5 nitrogen and oxygen atoms in total. The second-order valence-corrected chi connectivity index (χ2v) is 7.63. The highest BCUT2D eigenvalue weighted by Crippen LogP contribution is 2.36. The Kier molecular flexibility index (Phi) is 6.77. The van der Waals surface area contributed by atoms with Gasteiger partial charge in [0.25, 0.3) is 0 Å². The van der Waals surface area contributed by atoms with Crippen molar-refractivity contribution in [3.63, 3.8) is 0 Å². The van der Waals surface area contributed by atoms with E-state index in [4.69, 9.17) is 0 Å².